The van der Waals surface area contributed by atoms with E-state index in [9.17, 15) is 9.50 Å². The summed E-state index contributed by atoms with van der Waals surface area (Å²) in [4.78, 5) is 0. The predicted molar refractivity (Wildman–Crippen MR) is 77.4 cm³/mol. The summed E-state index contributed by atoms with van der Waals surface area (Å²) < 4.78 is 19.3. The van der Waals surface area contributed by atoms with Gasteiger partial charge < -0.3 is 9.84 Å². The summed E-state index contributed by atoms with van der Waals surface area (Å²) in [5.74, 6) is 0.169. The smallest absolute Gasteiger partial charge is 0.131 e. The molecule has 20 heavy (non-hydrogen) atoms. The van der Waals surface area contributed by atoms with E-state index in [1.165, 1.54) is 6.07 Å². The number of hydrogen-bond donors (Lipinski definition) is 1. The van der Waals surface area contributed by atoms with Crippen molar-refractivity contribution in [3.8, 4) is 5.75 Å². The van der Waals surface area contributed by atoms with Crippen molar-refractivity contribution in [2.75, 3.05) is 0 Å². The van der Waals surface area contributed by atoms with Gasteiger partial charge in [0.25, 0.3) is 0 Å². The molecule has 1 atom stereocenters. The lowest BCUT2D eigenvalue weighted by molar-refractivity contribution is 0.166. The molecule has 0 bridgehead atoms. The van der Waals surface area contributed by atoms with Gasteiger partial charge in [0.1, 0.15) is 18.2 Å². The SMILES string of the molecule is CC[C@H](O)c1ccccc1OCc1ccc(Cl)cc1F. The minimum atomic E-state index is -0.582. The highest BCUT2D eigenvalue weighted by Gasteiger charge is 2.12. The zero-order valence-electron chi connectivity index (χ0n) is 11.1. The molecule has 4 heteroatoms. The summed E-state index contributed by atoms with van der Waals surface area (Å²) >= 11 is 5.71. The molecule has 0 heterocycles. The monoisotopic (exact) mass is 294 g/mol. The van der Waals surface area contributed by atoms with Crippen LogP contribution in [0.1, 0.15) is 30.6 Å². The molecule has 0 spiro atoms. The molecule has 0 radical (unpaired) electrons. The minimum Gasteiger partial charge on any atom is -0.488 e. The van der Waals surface area contributed by atoms with E-state index in [0.717, 1.165) is 0 Å². The summed E-state index contributed by atoms with van der Waals surface area (Å²) in [6.07, 6.45) is 0.0108. The fourth-order valence-corrected chi connectivity index (χ4v) is 2.06. The lowest BCUT2D eigenvalue weighted by Gasteiger charge is -2.15. The maximum Gasteiger partial charge on any atom is 0.131 e. The topological polar surface area (TPSA) is 29.5 Å². The van der Waals surface area contributed by atoms with Crippen LogP contribution in [0, 0.1) is 5.82 Å². The summed E-state index contributed by atoms with van der Waals surface area (Å²) in [6, 6.07) is 11.7. The average molecular weight is 295 g/mol. The van der Waals surface area contributed by atoms with Crippen LogP contribution in [-0.4, -0.2) is 5.11 Å². The third kappa shape index (κ3) is 3.50. The van der Waals surface area contributed by atoms with E-state index in [1.54, 1.807) is 18.2 Å². The summed E-state index contributed by atoms with van der Waals surface area (Å²) in [5, 5.41) is 10.3. The molecule has 0 fully saturated rings. The van der Waals surface area contributed by atoms with Gasteiger partial charge in [-0.1, -0.05) is 42.8 Å². The standard InChI is InChI=1S/C16H16ClFO2/c1-2-15(19)13-5-3-4-6-16(13)20-10-11-7-8-12(17)9-14(11)18/h3-9,15,19H,2,10H2,1H3/t15-/m0/s1. The third-order valence-corrected chi connectivity index (χ3v) is 3.30. The van der Waals surface area contributed by atoms with Crippen molar-refractivity contribution in [2.24, 2.45) is 0 Å². The second-order valence-corrected chi connectivity index (χ2v) is 4.92. The van der Waals surface area contributed by atoms with Gasteiger partial charge in [-0.15, -0.1) is 0 Å². The van der Waals surface area contributed by atoms with Crippen molar-refractivity contribution >= 4 is 11.6 Å². The number of para-hydroxylation sites is 1. The van der Waals surface area contributed by atoms with Crippen LogP contribution in [0.5, 0.6) is 5.75 Å². The number of aliphatic hydroxyl groups is 1. The van der Waals surface area contributed by atoms with Gasteiger partial charge >= 0.3 is 0 Å². The van der Waals surface area contributed by atoms with E-state index >= 15 is 0 Å². The Morgan fingerprint density at radius 1 is 1.25 bits per heavy atom. The lowest BCUT2D eigenvalue weighted by atomic mass is 10.1. The molecule has 2 nitrogen and oxygen atoms in total. The first-order chi connectivity index (χ1) is 9.61. The van der Waals surface area contributed by atoms with Crippen LogP contribution in [-0.2, 0) is 6.61 Å². The summed E-state index contributed by atoms with van der Waals surface area (Å²) in [6.45, 7) is 1.98. The van der Waals surface area contributed by atoms with Crippen molar-refractivity contribution in [3.63, 3.8) is 0 Å². The molecule has 2 aromatic carbocycles. The van der Waals surface area contributed by atoms with E-state index in [0.29, 0.717) is 28.3 Å². The van der Waals surface area contributed by atoms with Crippen molar-refractivity contribution in [3.05, 3.63) is 64.4 Å². The van der Waals surface area contributed by atoms with Crippen molar-refractivity contribution < 1.29 is 14.2 Å². The molecule has 0 aliphatic carbocycles. The second kappa shape index (κ2) is 6.73. The van der Waals surface area contributed by atoms with Crippen LogP contribution in [0.2, 0.25) is 5.02 Å². The van der Waals surface area contributed by atoms with Gasteiger partial charge in [0.2, 0.25) is 0 Å². The number of halogens is 2. The van der Waals surface area contributed by atoms with Crippen LogP contribution in [0.3, 0.4) is 0 Å². The highest BCUT2D eigenvalue weighted by atomic mass is 35.5. The lowest BCUT2D eigenvalue weighted by Crippen LogP contribution is -2.03. The molecule has 0 amide bonds. The molecule has 2 aromatic rings. The molecule has 0 saturated heterocycles. The van der Waals surface area contributed by atoms with Crippen LogP contribution < -0.4 is 4.74 Å². The first kappa shape index (κ1) is 14.8. The van der Waals surface area contributed by atoms with Gasteiger partial charge in [0.15, 0.2) is 0 Å². The molecule has 2 rings (SSSR count). The molecule has 1 N–H and O–H groups in total. The first-order valence-corrected chi connectivity index (χ1v) is 6.83. The van der Waals surface area contributed by atoms with Crippen molar-refractivity contribution in [1.82, 2.24) is 0 Å². The number of hydrogen-bond acceptors (Lipinski definition) is 2. The normalized spacial score (nSPS) is 12.2. The van der Waals surface area contributed by atoms with E-state index in [4.69, 9.17) is 16.3 Å². The molecular formula is C16H16ClFO2. The van der Waals surface area contributed by atoms with E-state index in [2.05, 4.69) is 0 Å². The van der Waals surface area contributed by atoms with Crippen LogP contribution >= 0.6 is 11.6 Å². The van der Waals surface area contributed by atoms with Crippen molar-refractivity contribution in [2.45, 2.75) is 26.1 Å². The molecule has 0 aliphatic rings. The van der Waals surface area contributed by atoms with Crippen LogP contribution in [0.15, 0.2) is 42.5 Å². The van der Waals surface area contributed by atoms with E-state index in [-0.39, 0.29) is 6.61 Å². The highest BCUT2D eigenvalue weighted by molar-refractivity contribution is 6.30. The van der Waals surface area contributed by atoms with Crippen LogP contribution in [0.25, 0.3) is 0 Å². The maximum atomic E-state index is 13.7. The van der Waals surface area contributed by atoms with Gasteiger partial charge in [-0.25, -0.2) is 4.39 Å². The minimum absolute atomic E-state index is 0.0937. The average Bonchev–Trinajstić information content (AvgIpc) is 2.46. The Balaban J connectivity index is 2.15. The Morgan fingerprint density at radius 2 is 2.00 bits per heavy atom. The van der Waals surface area contributed by atoms with Gasteiger partial charge in [0.05, 0.1) is 6.10 Å². The molecule has 0 unspecified atom stereocenters. The zero-order chi connectivity index (χ0) is 14.5. The van der Waals surface area contributed by atoms with E-state index < -0.39 is 11.9 Å². The molecular weight excluding hydrogens is 279 g/mol. The fourth-order valence-electron chi connectivity index (χ4n) is 1.90. The zero-order valence-corrected chi connectivity index (χ0v) is 11.9. The first-order valence-electron chi connectivity index (χ1n) is 6.45. The maximum absolute atomic E-state index is 13.7. The van der Waals surface area contributed by atoms with Gasteiger partial charge in [0, 0.05) is 16.1 Å². The quantitative estimate of drug-likeness (QED) is 0.879. The molecule has 0 aromatic heterocycles. The Hall–Kier alpha value is -1.58. The Bertz CT molecular complexity index is 586. The van der Waals surface area contributed by atoms with Crippen LogP contribution in [0.4, 0.5) is 4.39 Å². The third-order valence-electron chi connectivity index (χ3n) is 3.06. The molecule has 0 saturated carbocycles. The Kier molecular flexibility index (Phi) is 4.99. The number of aliphatic hydroxyl groups excluding tert-OH is 1. The highest BCUT2D eigenvalue weighted by Crippen LogP contribution is 2.28. The predicted octanol–water partition coefficient (Wildman–Crippen LogP) is 4.50. The summed E-state index contributed by atoms with van der Waals surface area (Å²) in [7, 11) is 0. The number of ether oxygens (including phenoxy) is 1. The summed E-state index contributed by atoms with van der Waals surface area (Å²) in [5.41, 5.74) is 1.14. The molecule has 0 aliphatic heterocycles. The Labute approximate surface area is 122 Å². The Morgan fingerprint density at radius 3 is 2.70 bits per heavy atom. The van der Waals surface area contributed by atoms with Gasteiger partial charge in [-0.05, 0) is 24.6 Å². The van der Waals surface area contributed by atoms with Gasteiger partial charge in [-0.2, -0.15) is 0 Å². The molecule has 106 valence electrons. The van der Waals surface area contributed by atoms with Crippen molar-refractivity contribution in [1.29, 1.82) is 0 Å². The van der Waals surface area contributed by atoms with Gasteiger partial charge in [-0.3, -0.25) is 0 Å². The largest absolute Gasteiger partial charge is 0.488 e. The van der Waals surface area contributed by atoms with E-state index in [1.807, 2.05) is 25.1 Å². The fraction of sp³-hybridized carbons (Fsp3) is 0.250. The second-order valence-electron chi connectivity index (χ2n) is 4.49. The number of rotatable bonds is 5. The number of benzene rings is 2.